The van der Waals surface area contributed by atoms with E-state index in [2.05, 4.69) is 31.9 Å². The van der Waals surface area contributed by atoms with E-state index in [-0.39, 0.29) is 23.0 Å². The summed E-state index contributed by atoms with van der Waals surface area (Å²) in [6.45, 7) is 3.56. The van der Waals surface area contributed by atoms with Crippen LogP contribution >= 0.6 is 28.1 Å². The molecule has 0 aliphatic carbocycles. The predicted molar refractivity (Wildman–Crippen MR) is 127 cm³/mol. The Morgan fingerprint density at radius 2 is 1.97 bits per heavy atom. The maximum absolute atomic E-state index is 12.6. The van der Waals surface area contributed by atoms with Crippen LogP contribution in [0.4, 0.5) is 5.69 Å². The van der Waals surface area contributed by atoms with Gasteiger partial charge in [-0.2, -0.15) is 0 Å². The predicted octanol–water partition coefficient (Wildman–Crippen LogP) is 3.88. The van der Waals surface area contributed by atoms with Gasteiger partial charge in [0.2, 0.25) is 0 Å². The third-order valence-corrected chi connectivity index (χ3v) is 5.33. The molecule has 0 bridgehead atoms. The first-order valence-electron chi connectivity index (χ1n) is 10.0. The van der Waals surface area contributed by atoms with E-state index in [1.165, 1.54) is 0 Å². The van der Waals surface area contributed by atoms with Crippen LogP contribution < -0.4 is 20.7 Å². The number of hydrogen-bond acceptors (Lipinski definition) is 5. The minimum atomic E-state index is -0.382. The van der Waals surface area contributed by atoms with Crippen LogP contribution in [0.3, 0.4) is 0 Å². The number of anilines is 1. The van der Waals surface area contributed by atoms with Gasteiger partial charge >= 0.3 is 0 Å². The molecule has 1 fully saturated rings. The Balaban J connectivity index is 1.54. The SMILES string of the molecule is CCOc1ccc(Br)cc1C(=O)NC(=S)Nc1ccc(C(=O)NCC2CCCO2)cc1. The second kappa shape index (κ2) is 11.2. The van der Waals surface area contributed by atoms with Crippen molar-refractivity contribution in [3.05, 3.63) is 58.1 Å². The fraction of sp³-hybridized carbons (Fsp3) is 0.318. The van der Waals surface area contributed by atoms with Crippen LogP contribution in [-0.2, 0) is 4.74 Å². The zero-order valence-corrected chi connectivity index (χ0v) is 19.5. The number of nitrogens with one attached hydrogen (secondary N) is 3. The average Bonchev–Trinajstić information content (AvgIpc) is 3.27. The topological polar surface area (TPSA) is 88.7 Å². The highest BCUT2D eigenvalue weighted by atomic mass is 79.9. The number of rotatable bonds is 7. The molecule has 1 heterocycles. The van der Waals surface area contributed by atoms with Gasteiger partial charge in [0.1, 0.15) is 5.75 Å². The number of amides is 2. The third-order valence-electron chi connectivity index (χ3n) is 4.63. The summed E-state index contributed by atoms with van der Waals surface area (Å²) in [4.78, 5) is 24.9. The van der Waals surface area contributed by atoms with E-state index in [9.17, 15) is 9.59 Å². The van der Waals surface area contributed by atoms with E-state index in [0.717, 1.165) is 23.9 Å². The van der Waals surface area contributed by atoms with Crippen molar-refractivity contribution in [2.75, 3.05) is 25.1 Å². The number of thiocarbonyl (C=S) groups is 1. The summed E-state index contributed by atoms with van der Waals surface area (Å²) in [7, 11) is 0. The Hall–Kier alpha value is -2.49. The molecule has 1 aliphatic heterocycles. The van der Waals surface area contributed by atoms with Gasteiger partial charge in [-0.3, -0.25) is 14.9 Å². The average molecular weight is 506 g/mol. The molecule has 2 aromatic carbocycles. The van der Waals surface area contributed by atoms with E-state index in [1.54, 1.807) is 42.5 Å². The van der Waals surface area contributed by atoms with Crippen molar-refractivity contribution in [3.63, 3.8) is 0 Å². The summed E-state index contributed by atoms with van der Waals surface area (Å²) in [5, 5.41) is 8.62. The highest BCUT2D eigenvalue weighted by molar-refractivity contribution is 9.10. The molecule has 1 atom stereocenters. The van der Waals surface area contributed by atoms with Crippen molar-refractivity contribution in [1.29, 1.82) is 0 Å². The number of benzene rings is 2. The maximum Gasteiger partial charge on any atom is 0.261 e. The highest BCUT2D eigenvalue weighted by Crippen LogP contribution is 2.23. The Morgan fingerprint density at radius 3 is 2.65 bits per heavy atom. The summed E-state index contributed by atoms with van der Waals surface area (Å²) in [5.41, 5.74) is 1.56. The minimum Gasteiger partial charge on any atom is -0.493 e. The lowest BCUT2D eigenvalue weighted by molar-refractivity contribution is 0.0857. The van der Waals surface area contributed by atoms with Crippen molar-refractivity contribution in [2.45, 2.75) is 25.9 Å². The zero-order chi connectivity index (χ0) is 22.2. The quantitative estimate of drug-likeness (QED) is 0.494. The van der Waals surface area contributed by atoms with Gasteiger partial charge in [0.05, 0.1) is 18.3 Å². The van der Waals surface area contributed by atoms with Crippen LogP contribution in [0.15, 0.2) is 46.9 Å². The lowest BCUT2D eigenvalue weighted by Gasteiger charge is -2.13. The van der Waals surface area contributed by atoms with Gasteiger partial charge < -0.3 is 20.1 Å². The fourth-order valence-electron chi connectivity index (χ4n) is 3.11. The van der Waals surface area contributed by atoms with Gasteiger partial charge in [0.25, 0.3) is 11.8 Å². The standard InChI is InChI=1S/C22H24BrN3O4S/c1-2-29-19-10-7-15(23)12-18(19)21(28)26-22(31)25-16-8-5-14(6-9-16)20(27)24-13-17-4-3-11-30-17/h5-10,12,17H,2-4,11,13H2,1H3,(H,24,27)(H2,25,26,28,31). The zero-order valence-electron chi connectivity index (χ0n) is 17.1. The van der Waals surface area contributed by atoms with Crippen LogP contribution in [0.1, 0.15) is 40.5 Å². The summed E-state index contributed by atoms with van der Waals surface area (Å²) >= 11 is 8.61. The second-order valence-corrected chi connectivity index (χ2v) is 8.23. The number of carbonyl (C=O) groups is 2. The first-order chi connectivity index (χ1) is 15.0. The lowest BCUT2D eigenvalue weighted by atomic mass is 10.2. The molecule has 0 radical (unpaired) electrons. The summed E-state index contributed by atoms with van der Waals surface area (Å²) < 4.78 is 11.8. The van der Waals surface area contributed by atoms with E-state index in [4.69, 9.17) is 21.7 Å². The highest BCUT2D eigenvalue weighted by Gasteiger charge is 2.17. The fourth-order valence-corrected chi connectivity index (χ4v) is 3.68. The number of carbonyl (C=O) groups excluding carboxylic acids is 2. The molecule has 0 saturated carbocycles. The van der Waals surface area contributed by atoms with Crippen LogP contribution in [-0.4, -0.2) is 42.8 Å². The second-order valence-electron chi connectivity index (χ2n) is 6.90. The molecule has 9 heteroatoms. The summed E-state index contributed by atoms with van der Waals surface area (Å²) in [6, 6.07) is 12.0. The van der Waals surface area contributed by atoms with Crippen LogP contribution in [0.25, 0.3) is 0 Å². The van der Waals surface area contributed by atoms with Crippen molar-refractivity contribution >= 4 is 50.8 Å². The van der Waals surface area contributed by atoms with Crippen LogP contribution in [0.5, 0.6) is 5.75 Å². The summed E-state index contributed by atoms with van der Waals surface area (Å²) in [5.74, 6) is -0.0622. The van der Waals surface area contributed by atoms with Crippen LogP contribution in [0.2, 0.25) is 0 Å². The normalized spacial score (nSPS) is 15.2. The molecule has 31 heavy (non-hydrogen) atoms. The number of halogens is 1. The van der Waals surface area contributed by atoms with Crippen molar-refractivity contribution in [1.82, 2.24) is 10.6 Å². The molecule has 0 aromatic heterocycles. The number of ether oxygens (including phenoxy) is 2. The first-order valence-corrected chi connectivity index (χ1v) is 11.2. The molecule has 1 saturated heterocycles. The van der Waals surface area contributed by atoms with Gasteiger partial charge in [-0.15, -0.1) is 0 Å². The molecule has 164 valence electrons. The molecule has 7 nitrogen and oxygen atoms in total. The van der Waals surface area contributed by atoms with Crippen LogP contribution in [0, 0.1) is 0 Å². The van der Waals surface area contributed by atoms with Crippen molar-refractivity contribution in [3.8, 4) is 5.75 Å². The molecule has 1 aliphatic rings. The largest absolute Gasteiger partial charge is 0.493 e. The van der Waals surface area contributed by atoms with E-state index in [0.29, 0.717) is 35.7 Å². The van der Waals surface area contributed by atoms with Gasteiger partial charge in [-0.1, -0.05) is 15.9 Å². The summed E-state index contributed by atoms with van der Waals surface area (Å²) in [6.07, 6.45) is 2.10. The van der Waals surface area contributed by atoms with Crippen molar-refractivity contribution < 1.29 is 19.1 Å². The molecule has 2 amide bonds. The molecule has 2 aromatic rings. The first kappa shape index (κ1) is 23.2. The van der Waals surface area contributed by atoms with E-state index >= 15 is 0 Å². The Morgan fingerprint density at radius 1 is 1.19 bits per heavy atom. The molecule has 0 spiro atoms. The van der Waals surface area contributed by atoms with E-state index in [1.807, 2.05) is 6.92 Å². The Bertz CT molecular complexity index is 946. The molecule has 3 rings (SSSR count). The minimum absolute atomic E-state index is 0.0966. The third kappa shape index (κ3) is 6.75. The smallest absolute Gasteiger partial charge is 0.261 e. The lowest BCUT2D eigenvalue weighted by Crippen LogP contribution is -2.34. The van der Waals surface area contributed by atoms with Gasteiger partial charge in [0, 0.05) is 28.9 Å². The van der Waals surface area contributed by atoms with Gasteiger partial charge in [-0.25, -0.2) is 0 Å². The molecular weight excluding hydrogens is 482 g/mol. The molecule has 1 unspecified atom stereocenters. The Kier molecular flexibility index (Phi) is 8.39. The monoisotopic (exact) mass is 505 g/mol. The molecular formula is C22H24BrN3O4S. The Labute approximate surface area is 195 Å². The van der Waals surface area contributed by atoms with Gasteiger partial charge in [-0.05, 0) is 74.4 Å². The van der Waals surface area contributed by atoms with E-state index < -0.39 is 0 Å². The maximum atomic E-state index is 12.6. The number of hydrogen-bond donors (Lipinski definition) is 3. The van der Waals surface area contributed by atoms with Crippen molar-refractivity contribution in [2.24, 2.45) is 0 Å². The molecule has 3 N–H and O–H groups in total. The van der Waals surface area contributed by atoms with Gasteiger partial charge in [0.15, 0.2) is 5.11 Å².